The van der Waals surface area contributed by atoms with Crippen LogP contribution in [0.15, 0.2) is 42.5 Å². The van der Waals surface area contributed by atoms with E-state index in [1.54, 1.807) is 13.1 Å². The zero-order valence-corrected chi connectivity index (χ0v) is 13.8. The third kappa shape index (κ3) is 2.62. The van der Waals surface area contributed by atoms with E-state index in [1.807, 2.05) is 37.3 Å². The number of hydrogen-bond acceptors (Lipinski definition) is 4. The maximum Gasteiger partial charge on any atom is 0.337 e. The van der Waals surface area contributed by atoms with Crippen molar-refractivity contribution in [1.82, 2.24) is 5.32 Å². The van der Waals surface area contributed by atoms with E-state index in [9.17, 15) is 9.59 Å². The van der Waals surface area contributed by atoms with Gasteiger partial charge in [0, 0.05) is 18.5 Å². The van der Waals surface area contributed by atoms with Crippen molar-refractivity contribution in [3.63, 3.8) is 0 Å². The van der Waals surface area contributed by atoms with Gasteiger partial charge in [0.2, 0.25) is 0 Å². The van der Waals surface area contributed by atoms with Gasteiger partial charge >= 0.3 is 5.97 Å². The Morgan fingerprint density at radius 2 is 1.88 bits per heavy atom. The zero-order valence-electron chi connectivity index (χ0n) is 13.8. The first-order valence-electron chi connectivity index (χ1n) is 7.76. The summed E-state index contributed by atoms with van der Waals surface area (Å²) >= 11 is 0. The molecule has 2 atom stereocenters. The number of amides is 1. The smallest absolute Gasteiger partial charge is 0.337 e. The number of hydrogen-bond donors (Lipinski definition) is 1. The number of benzene rings is 2. The molecule has 1 aliphatic heterocycles. The van der Waals surface area contributed by atoms with E-state index < -0.39 is 5.97 Å². The van der Waals surface area contributed by atoms with Crippen LogP contribution in [0.4, 0.5) is 0 Å². The third-order valence-electron chi connectivity index (χ3n) is 4.28. The van der Waals surface area contributed by atoms with Crippen LogP contribution in [-0.4, -0.2) is 32.1 Å². The molecule has 0 fully saturated rings. The van der Waals surface area contributed by atoms with E-state index in [0.717, 1.165) is 11.1 Å². The second-order valence-electron chi connectivity index (χ2n) is 5.72. The number of carbonyl (C=O) groups excluding carboxylic acids is 2. The molecule has 0 aromatic heterocycles. The fourth-order valence-electron chi connectivity index (χ4n) is 3.17. The van der Waals surface area contributed by atoms with Crippen LogP contribution >= 0.6 is 0 Å². The van der Waals surface area contributed by atoms with Crippen LogP contribution in [0.2, 0.25) is 0 Å². The molecule has 1 aliphatic rings. The molecule has 5 heteroatoms. The fraction of sp³-hybridized carbons (Fsp3) is 0.263. The van der Waals surface area contributed by atoms with Crippen molar-refractivity contribution in [2.45, 2.75) is 18.9 Å². The van der Waals surface area contributed by atoms with Crippen LogP contribution in [-0.2, 0) is 4.74 Å². The van der Waals surface area contributed by atoms with Gasteiger partial charge in [0.25, 0.3) is 5.91 Å². The minimum Gasteiger partial charge on any atom is -0.489 e. The Balaban J connectivity index is 2.20. The van der Waals surface area contributed by atoms with Gasteiger partial charge in [0.1, 0.15) is 11.9 Å². The van der Waals surface area contributed by atoms with Crippen molar-refractivity contribution in [3.8, 4) is 5.75 Å². The van der Waals surface area contributed by atoms with E-state index in [0.29, 0.717) is 16.9 Å². The van der Waals surface area contributed by atoms with E-state index in [2.05, 4.69) is 5.32 Å². The molecule has 0 spiro atoms. The van der Waals surface area contributed by atoms with Crippen molar-refractivity contribution in [2.75, 3.05) is 14.2 Å². The summed E-state index contributed by atoms with van der Waals surface area (Å²) in [5, 5.41) is 2.59. The summed E-state index contributed by atoms with van der Waals surface area (Å²) in [6.07, 6.45) is -0.140. The van der Waals surface area contributed by atoms with Crippen molar-refractivity contribution >= 4 is 11.9 Å². The predicted molar refractivity (Wildman–Crippen MR) is 89.5 cm³/mol. The maximum absolute atomic E-state index is 12.2. The summed E-state index contributed by atoms with van der Waals surface area (Å²) in [7, 11) is 2.87. The zero-order chi connectivity index (χ0) is 17.3. The Labute approximate surface area is 140 Å². The first kappa shape index (κ1) is 16.1. The van der Waals surface area contributed by atoms with Crippen LogP contribution < -0.4 is 10.1 Å². The van der Waals surface area contributed by atoms with Gasteiger partial charge in [-0.25, -0.2) is 4.79 Å². The van der Waals surface area contributed by atoms with Crippen LogP contribution in [0.25, 0.3) is 0 Å². The quantitative estimate of drug-likeness (QED) is 0.881. The number of nitrogens with one attached hydrogen (secondary N) is 1. The molecule has 2 unspecified atom stereocenters. The molecule has 24 heavy (non-hydrogen) atoms. The molecule has 0 aliphatic carbocycles. The Morgan fingerprint density at radius 3 is 2.50 bits per heavy atom. The van der Waals surface area contributed by atoms with Crippen LogP contribution in [0.3, 0.4) is 0 Å². The molecule has 1 N–H and O–H groups in total. The average Bonchev–Trinajstić information content (AvgIpc) is 2.95. The summed E-state index contributed by atoms with van der Waals surface area (Å²) < 4.78 is 10.8. The molecule has 3 rings (SSSR count). The van der Waals surface area contributed by atoms with Gasteiger partial charge < -0.3 is 14.8 Å². The number of methoxy groups -OCH3 is 1. The van der Waals surface area contributed by atoms with E-state index in [1.165, 1.54) is 13.2 Å². The second-order valence-corrected chi connectivity index (χ2v) is 5.72. The topological polar surface area (TPSA) is 64.6 Å². The molecule has 0 bridgehead atoms. The SMILES string of the molecule is CNC(=O)c1cc(C(=O)OC)cc2c1OC(C)C2c1ccccc1. The lowest BCUT2D eigenvalue weighted by Gasteiger charge is -2.15. The molecule has 0 saturated heterocycles. The van der Waals surface area contributed by atoms with E-state index in [4.69, 9.17) is 9.47 Å². The lowest BCUT2D eigenvalue weighted by Crippen LogP contribution is -2.19. The molecule has 0 radical (unpaired) electrons. The minimum absolute atomic E-state index is 0.0470. The van der Waals surface area contributed by atoms with Crippen LogP contribution in [0.5, 0.6) is 5.75 Å². The summed E-state index contributed by atoms with van der Waals surface area (Å²) in [5.74, 6) is -0.287. The summed E-state index contributed by atoms with van der Waals surface area (Å²) in [6.45, 7) is 1.96. The van der Waals surface area contributed by atoms with Crippen LogP contribution in [0.1, 0.15) is 44.7 Å². The third-order valence-corrected chi connectivity index (χ3v) is 4.28. The van der Waals surface area contributed by atoms with Crippen molar-refractivity contribution in [1.29, 1.82) is 0 Å². The first-order chi connectivity index (χ1) is 11.6. The highest BCUT2D eigenvalue weighted by Gasteiger charge is 2.36. The van der Waals surface area contributed by atoms with Crippen LogP contribution in [0, 0.1) is 0 Å². The van der Waals surface area contributed by atoms with Crippen molar-refractivity contribution < 1.29 is 19.1 Å². The number of esters is 1. The Kier molecular flexibility index (Phi) is 4.25. The van der Waals surface area contributed by atoms with E-state index in [-0.39, 0.29) is 17.9 Å². The fourth-order valence-corrected chi connectivity index (χ4v) is 3.17. The molecule has 1 amide bonds. The van der Waals surface area contributed by atoms with Gasteiger partial charge in [0.15, 0.2) is 0 Å². The largest absolute Gasteiger partial charge is 0.489 e. The van der Waals surface area contributed by atoms with Gasteiger partial charge in [-0.05, 0) is 24.6 Å². The Hall–Kier alpha value is -2.82. The summed E-state index contributed by atoms with van der Waals surface area (Å²) in [5.41, 5.74) is 2.60. The monoisotopic (exact) mass is 325 g/mol. The van der Waals surface area contributed by atoms with Gasteiger partial charge in [-0.2, -0.15) is 0 Å². The molecule has 2 aromatic rings. The Morgan fingerprint density at radius 1 is 1.17 bits per heavy atom. The van der Waals surface area contributed by atoms with Crippen molar-refractivity contribution in [3.05, 3.63) is 64.7 Å². The number of rotatable bonds is 3. The normalized spacial score (nSPS) is 18.5. The molecule has 124 valence electrons. The first-order valence-corrected chi connectivity index (χ1v) is 7.76. The Bertz CT molecular complexity index is 785. The van der Waals surface area contributed by atoms with Gasteiger partial charge in [0.05, 0.1) is 18.2 Å². The molecular formula is C19H19NO4. The lowest BCUT2D eigenvalue weighted by molar-refractivity contribution is 0.0600. The highest BCUT2D eigenvalue weighted by atomic mass is 16.5. The van der Waals surface area contributed by atoms with Gasteiger partial charge in [-0.3, -0.25) is 4.79 Å². The number of carbonyl (C=O) groups is 2. The minimum atomic E-state index is -0.477. The highest BCUT2D eigenvalue weighted by Crippen LogP contribution is 2.44. The van der Waals surface area contributed by atoms with Gasteiger partial charge in [-0.1, -0.05) is 30.3 Å². The predicted octanol–water partition coefficient (Wildman–Crippen LogP) is 2.75. The lowest BCUT2D eigenvalue weighted by atomic mass is 9.87. The molecule has 2 aromatic carbocycles. The summed E-state index contributed by atoms with van der Waals surface area (Å²) in [4.78, 5) is 24.2. The average molecular weight is 325 g/mol. The molecule has 5 nitrogen and oxygen atoms in total. The molecule has 0 saturated carbocycles. The van der Waals surface area contributed by atoms with Crippen molar-refractivity contribution in [2.24, 2.45) is 0 Å². The molecular weight excluding hydrogens is 306 g/mol. The van der Waals surface area contributed by atoms with E-state index >= 15 is 0 Å². The number of ether oxygens (including phenoxy) is 2. The molecule has 1 heterocycles. The number of fused-ring (bicyclic) bond motifs is 1. The summed E-state index contributed by atoms with van der Waals surface area (Å²) in [6, 6.07) is 13.2. The standard InChI is InChI=1S/C19H19NO4/c1-11-16(12-7-5-4-6-8-12)14-9-13(19(22)23-3)10-15(17(14)24-11)18(21)20-2/h4-11,16H,1-3H3,(H,20,21). The highest BCUT2D eigenvalue weighted by molar-refractivity contribution is 6.01. The maximum atomic E-state index is 12.2. The second kappa shape index (κ2) is 6.35. The van der Waals surface area contributed by atoms with Gasteiger partial charge in [-0.15, -0.1) is 0 Å².